The minimum atomic E-state index is 1.08. The van der Waals surface area contributed by atoms with Crippen LogP contribution >= 0.6 is 22.7 Å². The Kier molecular flexibility index (Phi) is 5.25. The molecule has 1 N–H and O–H groups in total. The smallest absolute Gasteiger partial charge is 0.0390 e. The third-order valence-corrected chi connectivity index (χ3v) is 9.71. The molecule has 0 spiro atoms. The summed E-state index contributed by atoms with van der Waals surface area (Å²) in [5, 5.41) is 8.99. The second-order valence-corrected chi connectivity index (χ2v) is 12.1. The minimum absolute atomic E-state index is 1.08. The summed E-state index contributed by atoms with van der Waals surface area (Å²) in [7, 11) is 0. The molecule has 2 aromatic heterocycles. The number of nitrogens with one attached hydrogen (secondary N) is 1. The molecule has 0 bridgehead atoms. The fourth-order valence-corrected chi connectivity index (χ4v) is 7.82. The van der Waals surface area contributed by atoms with E-state index >= 15 is 0 Å². The molecule has 0 saturated heterocycles. The van der Waals surface area contributed by atoms with Crippen LogP contribution in [0.4, 0.5) is 11.4 Å². The van der Waals surface area contributed by atoms with Crippen molar-refractivity contribution in [1.29, 1.82) is 0 Å². The fraction of sp³-hybridized carbons (Fsp3) is 0. The third-order valence-electron chi connectivity index (χ3n) is 7.44. The number of anilines is 2. The number of benzene rings is 6. The van der Waals surface area contributed by atoms with Crippen LogP contribution in [0.5, 0.6) is 0 Å². The minimum Gasteiger partial charge on any atom is -0.355 e. The van der Waals surface area contributed by atoms with Crippen LogP contribution in [-0.4, -0.2) is 0 Å². The zero-order valence-electron chi connectivity index (χ0n) is 21.0. The lowest BCUT2D eigenvalue weighted by Gasteiger charge is -2.11. The second kappa shape index (κ2) is 9.09. The summed E-state index contributed by atoms with van der Waals surface area (Å²) in [6.45, 7) is 0. The van der Waals surface area contributed by atoms with E-state index in [0.717, 1.165) is 11.4 Å². The van der Waals surface area contributed by atoms with Gasteiger partial charge in [0.15, 0.2) is 0 Å². The van der Waals surface area contributed by atoms with Crippen molar-refractivity contribution >= 4 is 74.4 Å². The van der Waals surface area contributed by atoms with Crippen molar-refractivity contribution in [2.75, 3.05) is 5.32 Å². The Labute approximate surface area is 234 Å². The van der Waals surface area contributed by atoms with Gasteiger partial charge in [-0.25, -0.2) is 0 Å². The van der Waals surface area contributed by atoms with Crippen molar-refractivity contribution in [2.24, 2.45) is 0 Å². The molecule has 0 aliphatic heterocycles. The molecule has 0 atom stereocenters. The second-order valence-electron chi connectivity index (χ2n) is 9.90. The summed E-state index contributed by atoms with van der Waals surface area (Å²) in [5.41, 5.74) is 7.07. The van der Waals surface area contributed by atoms with E-state index in [1.54, 1.807) is 0 Å². The molecule has 0 unspecified atom stereocenters. The zero-order chi connectivity index (χ0) is 25.8. The van der Waals surface area contributed by atoms with Gasteiger partial charge in [-0.2, -0.15) is 0 Å². The molecule has 0 aliphatic carbocycles. The van der Waals surface area contributed by atoms with Gasteiger partial charge in [0.25, 0.3) is 0 Å². The van der Waals surface area contributed by atoms with Gasteiger partial charge in [-0.3, -0.25) is 0 Å². The van der Waals surface area contributed by atoms with Crippen LogP contribution < -0.4 is 5.32 Å². The van der Waals surface area contributed by atoms with Crippen LogP contribution in [0.15, 0.2) is 133 Å². The van der Waals surface area contributed by atoms with Gasteiger partial charge in [0.1, 0.15) is 0 Å². The van der Waals surface area contributed by atoms with E-state index < -0.39 is 0 Å². The Balaban J connectivity index is 1.10. The maximum atomic E-state index is 3.65. The van der Waals surface area contributed by atoms with E-state index in [-0.39, 0.29) is 0 Å². The molecule has 184 valence electrons. The quantitative estimate of drug-likeness (QED) is 0.237. The Morgan fingerprint density at radius 2 is 0.769 bits per heavy atom. The number of rotatable bonds is 4. The summed E-state index contributed by atoms with van der Waals surface area (Å²) in [6, 6.07) is 48.4. The summed E-state index contributed by atoms with van der Waals surface area (Å²) >= 11 is 3.73. The molecule has 0 radical (unpaired) electrons. The SMILES string of the molecule is c1cc(Nc2cccc(-c3ccc4c(c3)sc3ccccc34)c2)cc(-c2ccc3c(c2)sc2ccccc23)c1. The van der Waals surface area contributed by atoms with Gasteiger partial charge in [0.2, 0.25) is 0 Å². The van der Waals surface area contributed by atoms with Crippen LogP contribution in [0.25, 0.3) is 62.6 Å². The van der Waals surface area contributed by atoms with Gasteiger partial charge >= 0.3 is 0 Å². The highest BCUT2D eigenvalue weighted by molar-refractivity contribution is 7.26. The molecule has 0 aliphatic rings. The normalized spacial score (nSPS) is 11.6. The topological polar surface area (TPSA) is 12.0 Å². The highest BCUT2D eigenvalue weighted by Crippen LogP contribution is 2.38. The lowest BCUT2D eigenvalue weighted by Crippen LogP contribution is -1.91. The maximum absolute atomic E-state index is 3.65. The summed E-state index contributed by atoms with van der Waals surface area (Å²) in [5.74, 6) is 0. The van der Waals surface area contributed by atoms with Gasteiger partial charge in [-0.15, -0.1) is 22.7 Å². The number of hydrogen-bond donors (Lipinski definition) is 1. The molecule has 0 saturated carbocycles. The van der Waals surface area contributed by atoms with Gasteiger partial charge in [-0.1, -0.05) is 84.9 Å². The van der Waals surface area contributed by atoms with Crippen LogP contribution in [0.3, 0.4) is 0 Å². The monoisotopic (exact) mass is 533 g/mol. The molecule has 6 aromatic carbocycles. The molecule has 8 aromatic rings. The van der Waals surface area contributed by atoms with Crippen LogP contribution in [0.2, 0.25) is 0 Å². The number of hydrogen-bond acceptors (Lipinski definition) is 3. The highest BCUT2D eigenvalue weighted by Gasteiger charge is 2.09. The summed E-state index contributed by atoms with van der Waals surface area (Å²) in [4.78, 5) is 0. The van der Waals surface area contributed by atoms with Crippen molar-refractivity contribution in [2.45, 2.75) is 0 Å². The van der Waals surface area contributed by atoms with Gasteiger partial charge in [-0.05, 0) is 70.8 Å². The van der Waals surface area contributed by atoms with Gasteiger partial charge < -0.3 is 5.32 Å². The van der Waals surface area contributed by atoms with Crippen molar-refractivity contribution in [1.82, 2.24) is 0 Å². The van der Waals surface area contributed by atoms with Gasteiger partial charge in [0.05, 0.1) is 0 Å². The Hall–Kier alpha value is -4.44. The lowest BCUT2D eigenvalue weighted by molar-refractivity contribution is 1.54. The molecule has 0 amide bonds. The van der Waals surface area contributed by atoms with E-state index in [2.05, 4.69) is 139 Å². The van der Waals surface area contributed by atoms with Crippen molar-refractivity contribution < 1.29 is 0 Å². The average Bonchev–Trinajstić information content (AvgIpc) is 3.55. The standard InChI is InChI=1S/C36H23NS2/c1-3-13-33-29(11-1)31-17-15-25(21-35(31)38-33)23-7-5-9-27(19-23)37-28-10-6-8-24(20-28)26-16-18-32-30-12-2-4-14-34(30)39-36(32)22-26/h1-22,37H. The first-order chi connectivity index (χ1) is 19.3. The number of fused-ring (bicyclic) bond motifs is 6. The Morgan fingerprint density at radius 3 is 1.28 bits per heavy atom. The largest absolute Gasteiger partial charge is 0.355 e. The van der Waals surface area contributed by atoms with Crippen molar-refractivity contribution in [3.63, 3.8) is 0 Å². The first-order valence-corrected chi connectivity index (χ1v) is 14.7. The van der Waals surface area contributed by atoms with E-state index in [4.69, 9.17) is 0 Å². The van der Waals surface area contributed by atoms with Crippen LogP contribution in [0.1, 0.15) is 0 Å². The maximum Gasteiger partial charge on any atom is 0.0390 e. The van der Waals surface area contributed by atoms with E-state index in [1.165, 1.54) is 62.6 Å². The molecule has 3 heteroatoms. The van der Waals surface area contributed by atoms with Crippen molar-refractivity contribution in [3.8, 4) is 22.3 Å². The number of thiophene rings is 2. The molecular weight excluding hydrogens is 511 g/mol. The molecule has 39 heavy (non-hydrogen) atoms. The first kappa shape index (κ1) is 22.5. The average molecular weight is 534 g/mol. The fourth-order valence-electron chi connectivity index (χ4n) is 5.53. The lowest BCUT2D eigenvalue weighted by atomic mass is 10.0. The molecule has 1 nitrogen and oxygen atoms in total. The third kappa shape index (κ3) is 3.99. The van der Waals surface area contributed by atoms with Crippen LogP contribution in [0, 0.1) is 0 Å². The van der Waals surface area contributed by atoms with Crippen LogP contribution in [-0.2, 0) is 0 Å². The Bertz CT molecular complexity index is 2010. The molecular formula is C36H23NS2. The Morgan fingerprint density at radius 1 is 0.333 bits per heavy atom. The zero-order valence-corrected chi connectivity index (χ0v) is 22.7. The van der Waals surface area contributed by atoms with Gasteiger partial charge in [0, 0.05) is 51.7 Å². The van der Waals surface area contributed by atoms with E-state index in [9.17, 15) is 0 Å². The van der Waals surface area contributed by atoms with Crippen molar-refractivity contribution in [3.05, 3.63) is 133 Å². The predicted octanol–water partition coefficient (Wildman–Crippen LogP) is 11.5. The first-order valence-electron chi connectivity index (χ1n) is 13.1. The van der Waals surface area contributed by atoms with E-state index in [0.29, 0.717) is 0 Å². The van der Waals surface area contributed by atoms with E-state index in [1.807, 2.05) is 22.7 Å². The molecule has 2 heterocycles. The predicted molar refractivity (Wildman–Crippen MR) is 173 cm³/mol. The highest BCUT2D eigenvalue weighted by atomic mass is 32.1. The molecule has 8 rings (SSSR count). The summed E-state index contributed by atoms with van der Waals surface area (Å²) in [6.07, 6.45) is 0. The molecule has 0 fully saturated rings. The summed E-state index contributed by atoms with van der Waals surface area (Å²) < 4.78 is 5.34.